The number of ketones is 1. The van der Waals surface area contributed by atoms with Crippen molar-refractivity contribution in [2.45, 2.75) is 38.9 Å². The van der Waals surface area contributed by atoms with E-state index >= 15 is 0 Å². The Morgan fingerprint density at radius 2 is 1.76 bits per heavy atom. The smallest absolute Gasteiger partial charge is 0.416 e. The van der Waals surface area contributed by atoms with Crippen LogP contribution in [0.1, 0.15) is 49.4 Å². The molecule has 0 bridgehead atoms. The quantitative estimate of drug-likeness (QED) is 0.200. The first-order valence-corrected chi connectivity index (χ1v) is 13.1. The molecular formula is C32H25F3N2O4. The van der Waals surface area contributed by atoms with Crippen molar-refractivity contribution in [3.8, 4) is 11.5 Å². The fourth-order valence-corrected chi connectivity index (χ4v) is 5.89. The molecule has 0 saturated heterocycles. The molecule has 0 fully saturated rings. The zero-order chi connectivity index (χ0) is 29.1. The SMILES string of the molecule is CC1(C)CC(=O)C2=C(C1)c1c(ccc3ccccc13)N[C@@H]2c1cccc(Oc2ccc(C(F)(F)F)cc2[N+](=O)[O-])c1. The first kappa shape index (κ1) is 26.6. The number of rotatable bonds is 4. The number of fused-ring (bicyclic) bond motifs is 4. The molecule has 2 aliphatic rings. The second-order valence-electron chi connectivity index (χ2n) is 11.2. The molecule has 0 aromatic heterocycles. The van der Waals surface area contributed by atoms with E-state index in [2.05, 4.69) is 25.2 Å². The Morgan fingerprint density at radius 3 is 2.51 bits per heavy atom. The maximum absolute atomic E-state index is 13.7. The second-order valence-corrected chi connectivity index (χ2v) is 11.2. The monoisotopic (exact) mass is 558 g/mol. The van der Waals surface area contributed by atoms with Gasteiger partial charge in [0.2, 0.25) is 5.75 Å². The molecule has 0 unspecified atom stereocenters. The topological polar surface area (TPSA) is 81.5 Å². The number of hydrogen-bond donors (Lipinski definition) is 1. The molecule has 0 saturated carbocycles. The van der Waals surface area contributed by atoms with Crippen molar-refractivity contribution in [1.29, 1.82) is 0 Å². The fourth-order valence-electron chi connectivity index (χ4n) is 5.89. The summed E-state index contributed by atoms with van der Waals surface area (Å²) in [6.45, 7) is 4.17. The zero-order valence-electron chi connectivity index (χ0n) is 22.2. The van der Waals surface area contributed by atoms with E-state index in [1.165, 1.54) is 0 Å². The molecule has 0 spiro atoms. The standard InChI is InChI=1S/C32H25F3N2O4/c1-31(2)16-23-28-22-9-4-3-6-18(22)10-12-24(28)36-30(29(23)26(38)17-31)19-7-5-8-21(14-19)41-27-13-11-20(32(33,34)35)15-25(27)37(39)40/h3-15,30,36H,16-17H2,1-2H3/t30-/m1/s1. The molecule has 1 atom stereocenters. The number of halogens is 3. The minimum Gasteiger partial charge on any atom is -0.450 e. The number of nitrogens with one attached hydrogen (secondary N) is 1. The highest BCUT2D eigenvalue weighted by Crippen LogP contribution is 2.52. The Kier molecular flexibility index (Phi) is 6.13. The van der Waals surface area contributed by atoms with Gasteiger partial charge < -0.3 is 10.1 Å². The number of carbonyl (C=O) groups excluding carboxylic acids is 1. The molecule has 1 heterocycles. The third kappa shape index (κ3) is 4.81. The van der Waals surface area contributed by atoms with E-state index in [0.717, 1.165) is 39.7 Å². The number of nitrogens with zero attached hydrogens (tertiary/aromatic N) is 1. The van der Waals surface area contributed by atoms with Gasteiger partial charge in [0.15, 0.2) is 5.78 Å². The van der Waals surface area contributed by atoms with Crippen molar-refractivity contribution < 1.29 is 27.6 Å². The van der Waals surface area contributed by atoms with E-state index in [4.69, 9.17) is 4.74 Å². The number of benzene rings is 4. The number of alkyl halides is 3. The summed E-state index contributed by atoms with van der Waals surface area (Å²) in [6.07, 6.45) is -3.64. The van der Waals surface area contributed by atoms with E-state index in [0.29, 0.717) is 30.0 Å². The van der Waals surface area contributed by atoms with Crippen LogP contribution in [0, 0.1) is 15.5 Å². The van der Waals surface area contributed by atoms with Crippen LogP contribution in [0.25, 0.3) is 16.3 Å². The summed E-state index contributed by atoms with van der Waals surface area (Å²) in [4.78, 5) is 24.3. The van der Waals surface area contributed by atoms with Crippen LogP contribution in [0.3, 0.4) is 0 Å². The highest BCUT2D eigenvalue weighted by molar-refractivity contribution is 6.12. The highest BCUT2D eigenvalue weighted by Gasteiger charge is 2.41. The summed E-state index contributed by atoms with van der Waals surface area (Å²) >= 11 is 0. The lowest BCUT2D eigenvalue weighted by Gasteiger charge is -2.40. The van der Waals surface area contributed by atoms with Crippen molar-refractivity contribution in [2.75, 3.05) is 5.32 Å². The number of nitro benzene ring substituents is 1. The van der Waals surface area contributed by atoms with Gasteiger partial charge in [0, 0.05) is 29.3 Å². The average Bonchev–Trinajstić information content (AvgIpc) is 2.91. The van der Waals surface area contributed by atoms with Crippen LogP contribution in [-0.2, 0) is 11.0 Å². The number of ether oxygens (including phenoxy) is 1. The summed E-state index contributed by atoms with van der Waals surface area (Å²) in [5.74, 6) is -0.0804. The van der Waals surface area contributed by atoms with Gasteiger partial charge >= 0.3 is 11.9 Å². The molecule has 0 radical (unpaired) electrons. The average molecular weight is 559 g/mol. The molecule has 1 N–H and O–H groups in total. The van der Waals surface area contributed by atoms with E-state index in [1.54, 1.807) is 18.2 Å². The lowest BCUT2D eigenvalue weighted by Crippen LogP contribution is -2.33. The van der Waals surface area contributed by atoms with Gasteiger partial charge in [-0.2, -0.15) is 13.2 Å². The van der Waals surface area contributed by atoms with Crippen LogP contribution in [0.2, 0.25) is 0 Å². The number of carbonyl (C=O) groups is 1. The summed E-state index contributed by atoms with van der Waals surface area (Å²) in [5, 5.41) is 17.2. The summed E-state index contributed by atoms with van der Waals surface area (Å²) in [6, 6.07) is 20.5. The molecule has 4 aromatic rings. The number of Topliss-reactive ketones (excluding diaryl/α,β-unsaturated/α-hetero) is 1. The van der Waals surface area contributed by atoms with Gasteiger partial charge in [0.25, 0.3) is 0 Å². The van der Waals surface area contributed by atoms with Gasteiger partial charge in [-0.3, -0.25) is 14.9 Å². The van der Waals surface area contributed by atoms with Gasteiger partial charge in [0.1, 0.15) is 5.75 Å². The van der Waals surface area contributed by atoms with Crippen molar-refractivity contribution >= 4 is 33.5 Å². The van der Waals surface area contributed by atoms with Crippen LogP contribution in [0.15, 0.2) is 84.4 Å². The number of allylic oxidation sites excluding steroid dienone is 1. The van der Waals surface area contributed by atoms with Crippen molar-refractivity contribution in [3.63, 3.8) is 0 Å². The summed E-state index contributed by atoms with van der Waals surface area (Å²) in [7, 11) is 0. The minimum absolute atomic E-state index is 0.0389. The molecule has 0 amide bonds. The molecule has 6 nitrogen and oxygen atoms in total. The zero-order valence-corrected chi connectivity index (χ0v) is 22.2. The fraction of sp³-hybridized carbons (Fsp3) is 0.219. The molecule has 9 heteroatoms. The Balaban J connectivity index is 1.44. The van der Waals surface area contributed by atoms with E-state index < -0.39 is 28.4 Å². The molecule has 1 aliphatic carbocycles. The third-order valence-electron chi connectivity index (χ3n) is 7.64. The van der Waals surface area contributed by atoms with Gasteiger partial charge in [-0.15, -0.1) is 0 Å². The summed E-state index contributed by atoms with van der Waals surface area (Å²) in [5.41, 5.74) is 2.11. The normalized spacial score (nSPS) is 18.0. The van der Waals surface area contributed by atoms with Crippen LogP contribution in [0.4, 0.5) is 24.5 Å². The lowest BCUT2D eigenvalue weighted by atomic mass is 9.68. The predicted molar refractivity (Wildman–Crippen MR) is 150 cm³/mol. The molecular weight excluding hydrogens is 533 g/mol. The van der Waals surface area contributed by atoms with Crippen molar-refractivity contribution in [3.05, 3.63) is 111 Å². The number of hydrogen-bond acceptors (Lipinski definition) is 5. The molecule has 4 aromatic carbocycles. The molecule has 6 rings (SSSR count). The molecule has 1 aliphatic heterocycles. The third-order valence-corrected chi connectivity index (χ3v) is 7.64. The minimum atomic E-state index is -4.73. The van der Waals surface area contributed by atoms with Crippen LogP contribution in [-0.4, -0.2) is 10.7 Å². The van der Waals surface area contributed by atoms with E-state index in [-0.39, 0.29) is 22.7 Å². The second kappa shape index (κ2) is 9.47. The maximum Gasteiger partial charge on any atom is 0.416 e. The summed E-state index contributed by atoms with van der Waals surface area (Å²) < 4.78 is 45.2. The van der Waals surface area contributed by atoms with E-state index in [9.17, 15) is 28.1 Å². The number of anilines is 1. The first-order valence-electron chi connectivity index (χ1n) is 13.1. The lowest BCUT2D eigenvalue weighted by molar-refractivity contribution is -0.385. The van der Waals surface area contributed by atoms with Crippen LogP contribution >= 0.6 is 0 Å². The maximum atomic E-state index is 13.7. The molecule has 41 heavy (non-hydrogen) atoms. The Labute approximate surface area is 233 Å². The van der Waals surface area contributed by atoms with E-state index in [1.807, 2.05) is 36.4 Å². The van der Waals surface area contributed by atoms with Gasteiger partial charge in [-0.25, -0.2) is 0 Å². The van der Waals surface area contributed by atoms with Gasteiger partial charge in [-0.1, -0.05) is 56.3 Å². The van der Waals surface area contributed by atoms with Crippen molar-refractivity contribution in [1.82, 2.24) is 0 Å². The van der Waals surface area contributed by atoms with Crippen LogP contribution in [0.5, 0.6) is 11.5 Å². The Morgan fingerprint density at radius 1 is 0.976 bits per heavy atom. The Bertz CT molecular complexity index is 1770. The van der Waals surface area contributed by atoms with Gasteiger partial charge in [-0.05, 0) is 64.1 Å². The van der Waals surface area contributed by atoms with Crippen LogP contribution < -0.4 is 10.1 Å². The largest absolute Gasteiger partial charge is 0.450 e. The predicted octanol–water partition coefficient (Wildman–Crippen LogP) is 8.87. The van der Waals surface area contributed by atoms with Crippen molar-refractivity contribution in [2.24, 2.45) is 5.41 Å². The molecule has 208 valence electrons. The first-order chi connectivity index (χ1) is 19.4. The van der Waals surface area contributed by atoms with Gasteiger partial charge in [0.05, 0.1) is 16.5 Å². The highest BCUT2D eigenvalue weighted by atomic mass is 19.4. The Hall–Kier alpha value is -4.66. The number of nitro groups is 1.